The normalized spacial score (nSPS) is 25.4. The third kappa shape index (κ3) is 2.51. The number of carbonyl (C=O) groups excluding carboxylic acids is 1. The van der Waals surface area contributed by atoms with Crippen LogP contribution in [0.4, 0.5) is 5.69 Å². The molecule has 114 valence electrons. The maximum atomic E-state index is 12.8. The number of fused-ring (bicyclic) bond motifs is 1. The fraction of sp³-hybridized carbons (Fsp3) is 0.562. The first-order valence-corrected chi connectivity index (χ1v) is 8.29. The fourth-order valence-corrected chi connectivity index (χ4v) is 4.29. The van der Waals surface area contributed by atoms with Crippen LogP contribution in [0.2, 0.25) is 0 Å². The molecule has 0 aromatic heterocycles. The topological polar surface area (TPSA) is 32.3 Å². The number of rotatable bonds is 1. The van der Waals surface area contributed by atoms with Gasteiger partial charge in [-0.3, -0.25) is 4.79 Å². The van der Waals surface area contributed by atoms with E-state index in [0.717, 1.165) is 42.6 Å². The summed E-state index contributed by atoms with van der Waals surface area (Å²) in [5.41, 5.74) is 2.76. The number of nitrogens with one attached hydrogen (secondary N) is 1. The SMILES string of the molecule is Cl.O=C(C1CC12CCNCC2)N1CCc2ccc(Br)cc21. The van der Waals surface area contributed by atoms with Crippen molar-refractivity contribution in [1.29, 1.82) is 0 Å². The highest BCUT2D eigenvalue weighted by Crippen LogP contribution is 2.59. The van der Waals surface area contributed by atoms with Crippen molar-refractivity contribution in [2.75, 3.05) is 24.5 Å². The zero-order valence-electron chi connectivity index (χ0n) is 11.9. The van der Waals surface area contributed by atoms with Crippen molar-refractivity contribution in [3.63, 3.8) is 0 Å². The van der Waals surface area contributed by atoms with Gasteiger partial charge in [-0.05, 0) is 61.9 Å². The molecular weight excluding hydrogens is 352 g/mol. The molecule has 1 spiro atoms. The third-order valence-electron chi connectivity index (χ3n) is 5.30. The van der Waals surface area contributed by atoms with Crippen molar-refractivity contribution in [1.82, 2.24) is 5.32 Å². The zero-order valence-corrected chi connectivity index (χ0v) is 14.3. The molecule has 0 bridgehead atoms. The van der Waals surface area contributed by atoms with E-state index in [4.69, 9.17) is 0 Å². The second-order valence-corrected chi connectivity index (χ2v) is 7.30. The summed E-state index contributed by atoms with van der Waals surface area (Å²) in [4.78, 5) is 14.9. The molecule has 2 heterocycles. The third-order valence-corrected chi connectivity index (χ3v) is 5.79. The summed E-state index contributed by atoms with van der Waals surface area (Å²) in [6, 6.07) is 6.30. The molecule has 1 atom stereocenters. The van der Waals surface area contributed by atoms with E-state index >= 15 is 0 Å². The minimum Gasteiger partial charge on any atom is -0.317 e. The Bertz CT molecular complexity index is 571. The molecule has 1 N–H and O–H groups in total. The summed E-state index contributed by atoms with van der Waals surface area (Å²) >= 11 is 3.52. The van der Waals surface area contributed by atoms with Crippen LogP contribution < -0.4 is 10.2 Å². The molecule has 2 fully saturated rings. The minimum atomic E-state index is 0. The number of piperidine rings is 1. The monoisotopic (exact) mass is 370 g/mol. The minimum absolute atomic E-state index is 0. The summed E-state index contributed by atoms with van der Waals surface area (Å²) in [6.07, 6.45) is 4.44. The van der Waals surface area contributed by atoms with E-state index in [9.17, 15) is 4.79 Å². The van der Waals surface area contributed by atoms with E-state index < -0.39 is 0 Å². The number of hydrogen-bond donors (Lipinski definition) is 1. The predicted molar refractivity (Wildman–Crippen MR) is 90.1 cm³/mol. The fourth-order valence-electron chi connectivity index (χ4n) is 3.94. The lowest BCUT2D eigenvalue weighted by atomic mass is 9.91. The zero-order chi connectivity index (χ0) is 13.7. The van der Waals surface area contributed by atoms with Crippen LogP contribution in [0.3, 0.4) is 0 Å². The van der Waals surface area contributed by atoms with Crippen LogP contribution in [0.25, 0.3) is 0 Å². The molecule has 21 heavy (non-hydrogen) atoms. The summed E-state index contributed by atoms with van der Waals surface area (Å²) in [5, 5.41) is 3.40. The van der Waals surface area contributed by atoms with Crippen molar-refractivity contribution in [3.05, 3.63) is 28.2 Å². The predicted octanol–water partition coefficient (Wildman–Crippen LogP) is 3.15. The Labute approximate surface area is 140 Å². The highest BCUT2D eigenvalue weighted by molar-refractivity contribution is 9.10. The molecule has 0 radical (unpaired) electrons. The van der Waals surface area contributed by atoms with Crippen LogP contribution >= 0.6 is 28.3 Å². The average Bonchev–Trinajstić information content (AvgIpc) is 2.97. The Balaban J connectivity index is 0.00000132. The van der Waals surface area contributed by atoms with Crippen LogP contribution in [-0.2, 0) is 11.2 Å². The number of anilines is 1. The Morgan fingerprint density at radius 2 is 2.10 bits per heavy atom. The number of benzene rings is 1. The quantitative estimate of drug-likeness (QED) is 0.822. The molecule has 1 aromatic rings. The van der Waals surface area contributed by atoms with Crippen molar-refractivity contribution in [2.45, 2.75) is 25.7 Å². The highest BCUT2D eigenvalue weighted by Gasteiger charge is 2.58. The van der Waals surface area contributed by atoms with Crippen LogP contribution in [0.15, 0.2) is 22.7 Å². The first-order chi connectivity index (χ1) is 9.70. The van der Waals surface area contributed by atoms with E-state index in [1.54, 1.807) is 0 Å². The Morgan fingerprint density at radius 1 is 1.33 bits per heavy atom. The largest absolute Gasteiger partial charge is 0.317 e. The molecule has 1 amide bonds. The van der Waals surface area contributed by atoms with Crippen LogP contribution in [0, 0.1) is 11.3 Å². The number of halogens is 2. The van der Waals surface area contributed by atoms with Gasteiger partial charge in [0, 0.05) is 22.6 Å². The van der Waals surface area contributed by atoms with Crippen molar-refractivity contribution >= 4 is 39.9 Å². The number of amides is 1. The molecule has 1 unspecified atom stereocenters. The molecule has 3 aliphatic rings. The Kier molecular flexibility index (Phi) is 4.06. The van der Waals surface area contributed by atoms with Gasteiger partial charge < -0.3 is 10.2 Å². The van der Waals surface area contributed by atoms with Gasteiger partial charge in [0.05, 0.1) is 0 Å². The van der Waals surface area contributed by atoms with Crippen LogP contribution in [0.1, 0.15) is 24.8 Å². The van der Waals surface area contributed by atoms with Gasteiger partial charge in [-0.15, -0.1) is 12.4 Å². The number of carbonyl (C=O) groups is 1. The Morgan fingerprint density at radius 3 is 2.86 bits per heavy atom. The van der Waals surface area contributed by atoms with E-state index in [0.29, 0.717) is 11.3 Å². The van der Waals surface area contributed by atoms with Crippen LogP contribution in [-0.4, -0.2) is 25.5 Å². The van der Waals surface area contributed by atoms with Gasteiger partial charge in [-0.1, -0.05) is 22.0 Å². The second kappa shape index (κ2) is 5.56. The molecular formula is C16H20BrClN2O. The van der Waals surface area contributed by atoms with Gasteiger partial charge in [0.15, 0.2) is 0 Å². The Hall–Kier alpha value is -0.580. The average molecular weight is 372 g/mol. The van der Waals surface area contributed by atoms with E-state index in [1.807, 2.05) is 4.90 Å². The number of hydrogen-bond acceptors (Lipinski definition) is 2. The summed E-state index contributed by atoms with van der Waals surface area (Å²) < 4.78 is 1.06. The molecule has 1 saturated heterocycles. The van der Waals surface area contributed by atoms with Crippen LogP contribution in [0.5, 0.6) is 0 Å². The van der Waals surface area contributed by atoms with Crippen molar-refractivity contribution in [2.24, 2.45) is 11.3 Å². The summed E-state index contributed by atoms with van der Waals surface area (Å²) in [6.45, 7) is 3.01. The van der Waals surface area contributed by atoms with E-state index in [-0.39, 0.29) is 18.3 Å². The highest BCUT2D eigenvalue weighted by atomic mass is 79.9. The molecule has 1 saturated carbocycles. The molecule has 3 nitrogen and oxygen atoms in total. The molecule has 2 aliphatic heterocycles. The molecule has 5 heteroatoms. The summed E-state index contributed by atoms with van der Waals surface area (Å²) in [5.74, 6) is 0.637. The first-order valence-electron chi connectivity index (χ1n) is 7.50. The van der Waals surface area contributed by atoms with E-state index in [1.165, 1.54) is 18.4 Å². The second-order valence-electron chi connectivity index (χ2n) is 6.38. The molecule has 1 aliphatic carbocycles. The van der Waals surface area contributed by atoms with Crippen molar-refractivity contribution in [3.8, 4) is 0 Å². The lowest BCUT2D eigenvalue weighted by Gasteiger charge is -2.25. The lowest BCUT2D eigenvalue weighted by molar-refractivity contribution is -0.120. The van der Waals surface area contributed by atoms with Gasteiger partial charge in [0.25, 0.3) is 0 Å². The summed E-state index contributed by atoms with van der Waals surface area (Å²) in [7, 11) is 0. The van der Waals surface area contributed by atoms with Gasteiger partial charge in [0.2, 0.25) is 5.91 Å². The van der Waals surface area contributed by atoms with E-state index in [2.05, 4.69) is 39.4 Å². The van der Waals surface area contributed by atoms with Gasteiger partial charge in [-0.25, -0.2) is 0 Å². The molecule has 1 aromatic carbocycles. The first kappa shape index (κ1) is 15.3. The number of nitrogens with zero attached hydrogens (tertiary/aromatic N) is 1. The maximum absolute atomic E-state index is 12.8. The van der Waals surface area contributed by atoms with Gasteiger partial charge >= 0.3 is 0 Å². The van der Waals surface area contributed by atoms with Crippen molar-refractivity contribution < 1.29 is 4.79 Å². The molecule has 4 rings (SSSR count). The smallest absolute Gasteiger partial charge is 0.230 e. The maximum Gasteiger partial charge on any atom is 0.230 e. The standard InChI is InChI=1S/C16H19BrN2O.ClH/c17-12-2-1-11-3-8-19(14(11)9-12)15(20)13-10-16(13)4-6-18-7-5-16;/h1-2,9,13,18H,3-8,10H2;1H. The lowest BCUT2D eigenvalue weighted by Crippen LogP contribution is -2.35. The van der Waals surface area contributed by atoms with Gasteiger partial charge in [-0.2, -0.15) is 0 Å². The van der Waals surface area contributed by atoms with Gasteiger partial charge in [0.1, 0.15) is 0 Å².